The highest BCUT2D eigenvalue weighted by molar-refractivity contribution is 5.69. The van der Waals surface area contributed by atoms with Crippen molar-refractivity contribution in [1.82, 2.24) is 14.0 Å². The van der Waals surface area contributed by atoms with Gasteiger partial charge in [-0.1, -0.05) is 6.07 Å². The number of hydrogen-bond acceptors (Lipinski definition) is 4. The van der Waals surface area contributed by atoms with E-state index in [0.29, 0.717) is 12.5 Å². The molecule has 2 aliphatic rings. The minimum absolute atomic E-state index is 0.162. The Morgan fingerprint density at radius 3 is 2.71 bits per heavy atom. The van der Waals surface area contributed by atoms with Crippen LogP contribution in [-0.2, 0) is 10.9 Å². The third-order valence-electron chi connectivity index (χ3n) is 5.13. The molecular weight excluding hydrogens is 381 g/mol. The number of alkyl halides is 3. The molecule has 3 heterocycles. The molecule has 1 fully saturated rings. The molecule has 2 atom stereocenters. The minimum Gasteiger partial charge on any atom is -0.493 e. The second-order valence-electron chi connectivity index (χ2n) is 6.54. The van der Waals surface area contributed by atoms with Crippen LogP contribution in [0, 0.1) is 6.57 Å². The van der Waals surface area contributed by atoms with E-state index in [1.54, 1.807) is 0 Å². The summed E-state index contributed by atoms with van der Waals surface area (Å²) in [4.78, 5) is 28.9. The van der Waals surface area contributed by atoms with Crippen LogP contribution in [-0.4, -0.2) is 38.9 Å². The van der Waals surface area contributed by atoms with Gasteiger partial charge in [-0.3, -0.25) is 9.47 Å². The SMILES string of the molecule is [C-]#[N+]c1ccc(-n2c(O)c3n(c2=O)C2C[C@H]3N(C(=O)OC)C2)cc1C(F)(F)F. The Kier molecular flexibility index (Phi) is 3.71. The summed E-state index contributed by atoms with van der Waals surface area (Å²) in [7, 11) is 1.21. The quantitative estimate of drug-likeness (QED) is 0.754. The number of hydrogen-bond donors (Lipinski definition) is 1. The smallest absolute Gasteiger partial charge is 0.410 e. The van der Waals surface area contributed by atoms with E-state index >= 15 is 0 Å². The molecule has 4 rings (SSSR count). The number of methoxy groups -OCH3 is 1. The highest BCUT2D eigenvalue weighted by Crippen LogP contribution is 2.49. The van der Waals surface area contributed by atoms with Crippen LogP contribution in [0.4, 0.5) is 23.7 Å². The molecule has 1 unspecified atom stereocenters. The van der Waals surface area contributed by atoms with Crippen LogP contribution in [0.25, 0.3) is 10.5 Å². The highest BCUT2D eigenvalue weighted by atomic mass is 19.4. The van der Waals surface area contributed by atoms with E-state index < -0.39 is 47.2 Å². The number of nitrogens with zero attached hydrogens (tertiary/aromatic N) is 4. The molecule has 2 bridgehead atoms. The lowest BCUT2D eigenvalue weighted by Crippen LogP contribution is -2.37. The number of aromatic nitrogens is 2. The van der Waals surface area contributed by atoms with Crippen molar-refractivity contribution in [3.8, 4) is 11.6 Å². The molecule has 1 amide bonds. The number of rotatable bonds is 1. The maximum atomic E-state index is 13.3. The summed E-state index contributed by atoms with van der Waals surface area (Å²) in [6.07, 6.45) is -4.99. The lowest BCUT2D eigenvalue weighted by Gasteiger charge is -2.26. The van der Waals surface area contributed by atoms with Crippen LogP contribution in [0.1, 0.15) is 29.8 Å². The van der Waals surface area contributed by atoms with Crippen molar-refractivity contribution in [2.75, 3.05) is 13.7 Å². The molecule has 8 nitrogen and oxygen atoms in total. The van der Waals surface area contributed by atoms with Crippen molar-refractivity contribution < 1.29 is 27.8 Å². The van der Waals surface area contributed by atoms with Crippen LogP contribution >= 0.6 is 0 Å². The second kappa shape index (κ2) is 5.79. The van der Waals surface area contributed by atoms with E-state index in [1.165, 1.54) is 22.6 Å². The Labute approximate surface area is 155 Å². The molecule has 1 aromatic heterocycles. The third kappa shape index (κ3) is 2.30. The first-order chi connectivity index (χ1) is 13.2. The highest BCUT2D eigenvalue weighted by Gasteiger charge is 2.49. The third-order valence-corrected chi connectivity index (χ3v) is 5.13. The number of ether oxygens (including phenoxy) is 1. The maximum absolute atomic E-state index is 13.3. The number of aromatic hydroxyl groups is 1. The molecule has 0 saturated carbocycles. The van der Waals surface area contributed by atoms with Crippen molar-refractivity contribution in [2.45, 2.75) is 24.7 Å². The number of fused-ring (bicyclic) bond motifs is 5. The minimum atomic E-state index is -4.79. The first-order valence-corrected chi connectivity index (χ1v) is 8.18. The van der Waals surface area contributed by atoms with Gasteiger partial charge < -0.3 is 9.84 Å². The van der Waals surface area contributed by atoms with Crippen molar-refractivity contribution in [3.05, 3.63) is 51.4 Å². The zero-order chi connectivity index (χ0) is 20.4. The fourth-order valence-corrected chi connectivity index (χ4v) is 3.99. The van der Waals surface area contributed by atoms with Gasteiger partial charge in [0, 0.05) is 6.54 Å². The second-order valence-corrected chi connectivity index (χ2v) is 6.54. The van der Waals surface area contributed by atoms with Gasteiger partial charge in [-0.05, 0) is 18.6 Å². The van der Waals surface area contributed by atoms with Crippen LogP contribution < -0.4 is 5.69 Å². The summed E-state index contributed by atoms with van der Waals surface area (Å²) >= 11 is 0. The lowest BCUT2D eigenvalue weighted by molar-refractivity contribution is -0.136. The van der Waals surface area contributed by atoms with Crippen LogP contribution in [0.5, 0.6) is 5.88 Å². The molecule has 1 aromatic carbocycles. The van der Waals surface area contributed by atoms with Gasteiger partial charge in [0.25, 0.3) is 0 Å². The fourth-order valence-electron chi connectivity index (χ4n) is 3.99. The largest absolute Gasteiger partial charge is 0.493 e. The van der Waals surface area contributed by atoms with E-state index in [0.717, 1.165) is 10.6 Å². The van der Waals surface area contributed by atoms with E-state index in [-0.39, 0.29) is 17.9 Å². The van der Waals surface area contributed by atoms with Gasteiger partial charge in [0.15, 0.2) is 5.69 Å². The van der Waals surface area contributed by atoms with Crippen LogP contribution in [0.2, 0.25) is 0 Å². The number of carbonyl (C=O) groups is 1. The zero-order valence-corrected chi connectivity index (χ0v) is 14.4. The molecule has 2 aromatic rings. The predicted octanol–water partition coefficient (Wildman–Crippen LogP) is 2.98. The summed E-state index contributed by atoms with van der Waals surface area (Å²) in [6.45, 7) is 7.10. The number of benzene rings is 1. The molecule has 28 heavy (non-hydrogen) atoms. The van der Waals surface area contributed by atoms with Gasteiger partial charge in [0.05, 0.1) is 37.0 Å². The van der Waals surface area contributed by atoms with Crippen molar-refractivity contribution in [3.63, 3.8) is 0 Å². The van der Waals surface area contributed by atoms with Crippen molar-refractivity contribution >= 4 is 11.8 Å². The molecule has 2 aliphatic heterocycles. The average molecular weight is 394 g/mol. The van der Waals surface area contributed by atoms with Crippen molar-refractivity contribution in [2.24, 2.45) is 0 Å². The summed E-state index contributed by atoms with van der Waals surface area (Å²) in [5.74, 6) is -0.533. The normalized spacial score (nSPS) is 20.2. The fraction of sp³-hybridized carbons (Fsp3) is 0.353. The number of likely N-dealkylation sites (tertiary alicyclic amines) is 1. The van der Waals surface area contributed by atoms with E-state index in [1.807, 2.05) is 0 Å². The van der Waals surface area contributed by atoms with Gasteiger partial charge in [-0.25, -0.2) is 19.0 Å². The lowest BCUT2D eigenvalue weighted by atomic mass is 10.1. The Morgan fingerprint density at radius 2 is 2.11 bits per heavy atom. The topological polar surface area (TPSA) is 81.1 Å². The van der Waals surface area contributed by atoms with Gasteiger partial charge in [0.1, 0.15) is 5.69 Å². The number of halogens is 3. The molecule has 11 heteroatoms. The molecule has 146 valence electrons. The molecular formula is C17H13F3N4O4. The van der Waals surface area contributed by atoms with Crippen LogP contribution in [0.15, 0.2) is 23.0 Å². The molecule has 0 aliphatic carbocycles. The van der Waals surface area contributed by atoms with E-state index in [9.17, 15) is 27.9 Å². The zero-order valence-electron chi connectivity index (χ0n) is 14.4. The molecule has 1 N–H and O–H groups in total. The Hall–Kier alpha value is -3.42. The average Bonchev–Trinajstić information content (AvgIpc) is 3.31. The predicted molar refractivity (Wildman–Crippen MR) is 88.5 cm³/mol. The number of carbonyl (C=O) groups excluding carboxylic acids is 1. The van der Waals surface area contributed by atoms with E-state index in [4.69, 9.17) is 11.3 Å². The standard InChI is InChI=1S/C17H13F3N4O4/c1-21-11-4-3-8(5-10(11)17(18,19)20)24-14(25)13-12-6-9(23(13)15(24)26)7-22(12)16(27)28-2/h3-5,9,12,25H,6-7H2,2H3/t9?,12-/m1/s1. The molecule has 1 saturated heterocycles. The van der Waals surface area contributed by atoms with E-state index in [2.05, 4.69) is 4.85 Å². The summed E-state index contributed by atoms with van der Waals surface area (Å²) in [6, 6.07) is 1.78. The summed E-state index contributed by atoms with van der Waals surface area (Å²) in [5.41, 5.74) is -2.56. The molecule has 0 spiro atoms. The van der Waals surface area contributed by atoms with Gasteiger partial charge in [-0.2, -0.15) is 13.2 Å². The number of amides is 1. The Bertz CT molecular complexity index is 1100. The first-order valence-electron chi connectivity index (χ1n) is 8.18. The first kappa shape index (κ1) is 18.0. The van der Waals surface area contributed by atoms with Crippen LogP contribution in [0.3, 0.4) is 0 Å². The number of imidazole rings is 1. The van der Waals surface area contributed by atoms with Gasteiger partial charge in [0.2, 0.25) is 5.88 Å². The summed E-state index contributed by atoms with van der Waals surface area (Å²) < 4.78 is 46.5. The maximum Gasteiger partial charge on any atom is 0.410 e. The van der Waals surface area contributed by atoms with Gasteiger partial charge in [-0.15, -0.1) is 0 Å². The monoisotopic (exact) mass is 394 g/mol. The Morgan fingerprint density at radius 1 is 1.39 bits per heavy atom. The van der Waals surface area contributed by atoms with Crippen molar-refractivity contribution in [1.29, 1.82) is 0 Å². The Balaban J connectivity index is 1.87. The molecule has 0 radical (unpaired) electrons. The summed E-state index contributed by atoms with van der Waals surface area (Å²) in [5, 5.41) is 10.6. The van der Waals surface area contributed by atoms with Gasteiger partial charge >= 0.3 is 18.0 Å².